The van der Waals surface area contributed by atoms with E-state index < -0.39 is 16.0 Å². The van der Waals surface area contributed by atoms with Gasteiger partial charge in [0.25, 0.3) is 0 Å². The first-order valence-corrected chi connectivity index (χ1v) is 9.78. The normalized spacial score (nSPS) is 20.9. The van der Waals surface area contributed by atoms with E-state index >= 15 is 0 Å². The summed E-state index contributed by atoms with van der Waals surface area (Å²) in [6.45, 7) is 2.28. The van der Waals surface area contributed by atoms with Gasteiger partial charge in [0, 0.05) is 25.0 Å². The summed E-state index contributed by atoms with van der Waals surface area (Å²) in [6, 6.07) is 14.0. The number of benzene rings is 2. The number of aryl methyl sites for hydroxylation is 1. The third-order valence-electron chi connectivity index (χ3n) is 4.72. The Morgan fingerprint density at radius 1 is 1.15 bits per heavy atom. The standard InChI is InChI=1S/C19H22N2O4S/c1-13-8-9-18(15(10-13)19(22)25-2)26(23,24)21-11-16(17(20)12-21)14-6-4-3-5-7-14/h3-10,16-17H,11-12,20H2,1-2H3/t16-,17+/m0/s1. The molecule has 26 heavy (non-hydrogen) atoms. The maximum Gasteiger partial charge on any atom is 0.339 e. The molecule has 2 N–H and O–H groups in total. The molecule has 1 heterocycles. The topological polar surface area (TPSA) is 89.7 Å². The van der Waals surface area contributed by atoms with Crippen molar-refractivity contribution in [2.45, 2.75) is 23.8 Å². The first-order chi connectivity index (χ1) is 12.3. The molecule has 6 nitrogen and oxygen atoms in total. The van der Waals surface area contributed by atoms with Gasteiger partial charge < -0.3 is 10.5 Å². The molecule has 0 aliphatic carbocycles. The highest BCUT2D eigenvalue weighted by Crippen LogP contribution is 2.31. The van der Waals surface area contributed by atoms with Crippen LogP contribution < -0.4 is 5.73 Å². The Balaban J connectivity index is 1.96. The van der Waals surface area contributed by atoms with Crippen LogP contribution in [0.15, 0.2) is 53.4 Å². The lowest BCUT2D eigenvalue weighted by molar-refractivity contribution is 0.0596. The monoisotopic (exact) mass is 374 g/mol. The van der Waals surface area contributed by atoms with Crippen LogP contribution in [0.4, 0.5) is 0 Å². The van der Waals surface area contributed by atoms with Gasteiger partial charge in [0.05, 0.1) is 17.6 Å². The van der Waals surface area contributed by atoms with E-state index in [9.17, 15) is 13.2 Å². The van der Waals surface area contributed by atoms with E-state index in [2.05, 4.69) is 0 Å². The van der Waals surface area contributed by atoms with Crippen LogP contribution >= 0.6 is 0 Å². The van der Waals surface area contributed by atoms with Crippen molar-refractivity contribution in [1.82, 2.24) is 4.31 Å². The highest BCUT2D eigenvalue weighted by Gasteiger charge is 2.39. The van der Waals surface area contributed by atoms with E-state index in [-0.39, 0.29) is 35.5 Å². The summed E-state index contributed by atoms with van der Waals surface area (Å²) < 4.78 is 32.5. The zero-order valence-electron chi connectivity index (χ0n) is 14.8. The van der Waals surface area contributed by atoms with Crippen molar-refractivity contribution in [3.05, 3.63) is 65.2 Å². The highest BCUT2D eigenvalue weighted by molar-refractivity contribution is 7.89. The smallest absolute Gasteiger partial charge is 0.339 e. The summed E-state index contributed by atoms with van der Waals surface area (Å²) >= 11 is 0. The second-order valence-corrected chi connectivity index (χ2v) is 8.40. The van der Waals surface area contributed by atoms with Gasteiger partial charge in [0.15, 0.2) is 0 Å². The van der Waals surface area contributed by atoms with Gasteiger partial charge in [-0.25, -0.2) is 13.2 Å². The van der Waals surface area contributed by atoms with Gasteiger partial charge in [-0.3, -0.25) is 0 Å². The summed E-state index contributed by atoms with van der Waals surface area (Å²) in [7, 11) is -2.63. The van der Waals surface area contributed by atoms with Crippen LogP contribution in [0.3, 0.4) is 0 Å². The molecule has 1 saturated heterocycles. The summed E-state index contributed by atoms with van der Waals surface area (Å²) in [5.74, 6) is -0.756. The Bertz CT molecular complexity index is 912. The lowest BCUT2D eigenvalue weighted by Gasteiger charge is -2.18. The van der Waals surface area contributed by atoms with Crippen LogP contribution in [0.5, 0.6) is 0 Å². The fraction of sp³-hybridized carbons (Fsp3) is 0.316. The molecule has 0 radical (unpaired) electrons. The molecule has 1 aliphatic heterocycles. The molecule has 0 amide bonds. The van der Waals surface area contributed by atoms with E-state index in [1.54, 1.807) is 13.0 Å². The molecule has 0 unspecified atom stereocenters. The van der Waals surface area contributed by atoms with E-state index in [1.807, 2.05) is 30.3 Å². The number of esters is 1. The van der Waals surface area contributed by atoms with Crippen LogP contribution in [0, 0.1) is 6.92 Å². The molecular formula is C19H22N2O4S. The number of hydrogen-bond donors (Lipinski definition) is 1. The number of ether oxygens (including phenoxy) is 1. The molecule has 2 aromatic carbocycles. The third-order valence-corrected chi connectivity index (χ3v) is 6.61. The number of nitrogens with two attached hydrogens (primary N) is 1. The number of methoxy groups -OCH3 is 1. The molecule has 2 atom stereocenters. The van der Waals surface area contributed by atoms with E-state index in [4.69, 9.17) is 10.5 Å². The van der Waals surface area contributed by atoms with Crippen LogP contribution in [0.1, 0.15) is 27.4 Å². The first-order valence-electron chi connectivity index (χ1n) is 8.34. The van der Waals surface area contributed by atoms with Crippen LogP contribution in [-0.4, -0.2) is 44.9 Å². The molecule has 0 bridgehead atoms. The lowest BCUT2D eigenvalue weighted by atomic mass is 9.95. The number of carbonyl (C=O) groups excluding carboxylic acids is 1. The first kappa shape index (κ1) is 18.6. The molecule has 0 saturated carbocycles. The van der Waals surface area contributed by atoms with Crippen molar-refractivity contribution in [1.29, 1.82) is 0 Å². The summed E-state index contributed by atoms with van der Waals surface area (Å²) in [5.41, 5.74) is 8.06. The summed E-state index contributed by atoms with van der Waals surface area (Å²) in [4.78, 5) is 12.0. The van der Waals surface area contributed by atoms with E-state index in [1.165, 1.54) is 23.5 Å². The minimum Gasteiger partial charge on any atom is -0.465 e. The van der Waals surface area contributed by atoms with Crippen molar-refractivity contribution in [3.8, 4) is 0 Å². The molecular weight excluding hydrogens is 352 g/mol. The van der Waals surface area contributed by atoms with Crippen molar-refractivity contribution in [2.24, 2.45) is 5.73 Å². The fourth-order valence-corrected chi connectivity index (χ4v) is 4.98. The molecule has 3 rings (SSSR count). The molecule has 1 fully saturated rings. The zero-order chi connectivity index (χ0) is 18.9. The van der Waals surface area contributed by atoms with Gasteiger partial charge in [0.2, 0.25) is 10.0 Å². The molecule has 2 aromatic rings. The maximum atomic E-state index is 13.2. The lowest BCUT2D eigenvalue weighted by Crippen LogP contribution is -2.33. The number of carbonyl (C=O) groups is 1. The Morgan fingerprint density at radius 2 is 1.85 bits per heavy atom. The number of sulfonamides is 1. The van der Waals surface area contributed by atoms with Gasteiger partial charge in [-0.2, -0.15) is 4.31 Å². The molecule has 138 valence electrons. The second kappa shape index (κ2) is 7.19. The van der Waals surface area contributed by atoms with Gasteiger partial charge >= 0.3 is 5.97 Å². The van der Waals surface area contributed by atoms with E-state index in [0.29, 0.717) is 0 Å². The van der Waals surface area contributed by atoms with Gasteiger partial charge in [-0.05, 0) is 24.6 Å². The second-order valence-electron chi connectivity index (χ2n) is 6.49. The summed E-state index contributed by atoms with van der Waals surface area (Å²) in [5, 5.41) is 0. The Hall–Kier alpha value is -2.22. The number of nitrogens with zero attached hydrogens (tertiary/aromatic N) is 1. The Labute approximate surface area is 153 Å². The minimum atomic E-state index is -3.86. The van der Waals surface area contributed by atoms with Crippen LogP contribution in [-0.2, 0) is 14.8 Å². The Morgan fingerprint density at radius 3 is 2.50 bits per heavy atom. The van der Waals surface area contributed by atoms with Crippen molar-refractivity contribution >= 4 is 16.0 Å². The largest absolute Gasteiger partial charge is 0.465 e. The average molecular weight is 374 g/mol. The fourth-order valence-electron chi connectivity index (χ4n) is 3.32. The van der Waals surface area contributed by atoms with Crippen LogP contribution in [0.2, 0.25) is 0 Å². The zero-order valence-corrected chi connectivity index (χ0v) is 15.6. The molecule has 1 aliphatic rings. The molecule has 7 heteroatoms. The number of hydrogen-bond acceptors (Lipinski definition) is 5. The predicted molar refractivity (Wildman–Crippen MR) is 98.4 cm³/mol. The van der Waals surface area contributed by atoms with Gasteiger partial charge in [-0.15, -0.1) is 0 Å². The van der Waals surface area contributed by atoms with Crippen LogP contribution in [0.25, 0.3) is 0 Å². The number of rotatable bonds is 4. The van der Waals surface area contributed by atoms with Gasteiger partial charge in [0.1, 0.15) is 0 Å². The molecule has 0 spiro atoms. The van der Waals surface area contributed by atoms with Crippen molar-refractivity contribution < 1.29 is 17.9 Å². The predicted octanol–water partition coefficient (Wildman–Crippen LogP) is 1.90. The van der Waals surface area contributed by atoms with Crippen molar-refractivity contribution in [2.75, 3.05) is 20.2 Å². The minimum absolute atomic E-state index is 0.0455. The van der Waals surface area contributed by atoms with Crippen molar-refractivity contribution in [3.63, 3.8) is 0 Å². The SMILES string of the molecule is COC(=O)c1cc(C)ccc1S(=O)(=O)N1C[C@@H](N)[C@H](c2ccccc2)C1. The summed E-state index contributed by atoms with van der Waals surface area (Å²) in [6.07, 6.45) is 0. The third kappa shape index (κ3) is 3.38. The molecule has 0 aromatic heterocycles. The Kier molecular flexibility index (Phi) is 5.13. The average Bonchev–Trinajstić information content (AvgIpc) is 3.04. The highest BCUT2D eigenvalue weighted by atomic mass is 32.2. The quantitative estimate of drug-likeness (QED) is 0.826. The van der Waals surface area contributed by atoms with E-state index in [0.717, 1.165) is 11.1 Å². The maximum absolute atomic E-state index is 13.2. The van der Waals surface area contributed by atoms with Gasteiger partial charge in [-0.1, -0.05) is 42.0 Å².